The Balaban J connectivity index is 2.02. The van der Waals surface area contributed by atoms with Crippen LogP contribution in [0, 0.1) is 12.8 Å². The molecule has 0 aromatic heterocycles. The van der Waals surface area contributed by atoms with Crippen LogP contribution < -0.4 is 5.32 Å². The van der Waals surface area contributed by atoms with E-state index in [-0.39, 0.29) is 12.5 Å². The van der Waals surface area contributed by atoms with E-state index in [9.17, 15) is 14.7 Å². The fourth-order valence-corrected chi connectivity index (χ4v) is 2.80. The highest BCUT2D eigenvalue weighted by Gasteiger charge is 2.24. The molecule has 5 nitrogen and oxygen atoms in total. The first-order valence-corrected chi connectivity index (χ1v) is 8.74. The molecule has 2 atom stereocenters. The molecule has 1 amide bonds. The molecule has 0 saturated carbocycles. The minimum absolute atomic E-state index is 0.0541. The monoisotopic (exact) mass is 355 g/mol. The summed E-state index contributed by atoms with van der Waals surface area (Å²) in [6, 6.07) is 16.9. The summed E-state index contributed by atoms with van der Waals surface area (Å²) in [7, 11) is 0. The van der Waals surface area contributed by atoms with Crippen LogP contribution in [0.4, 0.5) is 0 Å². The third-order valence-corrected chi connectivity index (χ3v) is 4.11. The summed E-state index contributed by atoms with van der Waals surface area (Å²) in [6.07, 6.45) is -0.378. The molecule has 0 aliphatic carbocycles. The molecule has 0 saturated heterocycles. The molecule has 0 bridgehead atoms. The Kier molecular flexibility index (Phi) is 7.36. The fourth-order valence-electron chi connectivity index (χ4n) is 2.80. The Labute approximate surface area is 154 Å². The van der Waals surface area contributed by atoms with Gasteiger partial charge in [-0.15, -0.1) is 0 Å². The second-order valence-corrected chi connectivity index (χ2v) is 6.22. The van der Waals surface area contributed by atoms with Gasteiger partial charge in [0.15, 0.2) is 6.10 Å². The van der Waals surface area contributed by atoms with Gasteiger partial charge in [-0.25, -0.2) is 0 Å². The minimum Gasteiger partial charge on any atom is -0.481 e. The summed E-state index contributed by atoms with van der Waals surface area (Å²) in [4.78, 5) is 24.1. The molecule has 2 N–H and O–H groups in total. The summed E-state index contributed by atoms with van der Waals surface area (Å²) >= 11 is 0. The van der Waals surface area contributed by atoms with Crippen LogP contribution in [0.15, 0.2) is 54.6 Å². The van der Waals surface area contributed by atoms with Crippen molar-refractivity contribution in [2.75, 3.05) is 13.2 Å². The highest BCUT2D eigenvalue weighted by molar-refractivity contribution is 5.83. The van der Waals surface area contributed by atoms with Crippen LogP contribution in [-0.2, 0) is 20.7 Å². The highest BCUT2D eigenvalue weighted by Crippen LogP contribution is 2.18. The summed E-state index contributed by atoms with van der Waals surface area (Å²) in [5.74, 6) is -1.95. The van der Waals surface area contributed by atoms with Gasteiger partial charge in [-0.05, 0) is 31.4 Å². The van der Waals surface area contributed by atoms with Gasteiger partial charge in [0.25, 0.3) is 5.91 Å². The number of hydrogen-bond acceptors (Lipinski definition) is 3. The molecule has 0 aliphatic rings. The van der Waals surface area contributed by atoms with Gasteiger partial charge in [0, 0.05) is 13.2 Å². The van der Waals surface area contributed by atoms with E-state index in [1.54, 1.807) is 0 Å². The molecule has 5 heteroatoms. The van der Waals surface area contributed by atoms with E-state index in [0.717, 1.165) is 16.7 Å². The lowest BCUT2D eigenvalue weighted by molar-refractivity contribution is -0.142. The molecule has 2 unspecified atom stereocenters. The summed E-state index contributed by atoms with van der Waals surface area (Å²) in [5, 5.41) is 12.2. The first-order valence-electron chi connectivity index (χ1n) is 8.74. The first-order chi connectivity index (χ1) is 12.5. The maximum atomic E-state index is 12.5. The van der Waals surface area contributed by atoms with Crippen molar-refractivity contribution in [3.05, 3.63) is 71.3 Å². The van der Waals surface area contributed by atoms with Crippen molar-refractivity contribution in [3.8, 4) is 0 Å². The summed E-state index contributed by atoms with van der Waals surface area (Å²) in [5.41, 5.74) is 2.77. The highest BCUT2D eigenvalue weighted by atomic mass is 16.5. The summed E-state index contributed by atoms with van der Waals surface area (Å²) < 4.78 is 5.56. The SMILES string of the molecule is CCOC(C(=O)NCC(Cc1cccc(C)c1)C(=O)O)c1ccccc1. The zero-order chi connectivity index (χ0) is 18.9. The molecular weight excluding hydrogens is 330 g/mol. The lowest BCUT2D eigenvalue weighted by Gasteiger charge is -2.19. The van der Waals surface area contributed by atoms with Gasteiger partial charge in [0.2, 0.25) is 0 Å². The van der Waals surface area contributed by atoms with E-state index in [1.165, 1.54) is 0 Å². The Hall–Kier alpha value is -2.66. The standard InChI is InChI=1S/C21H25NO4/c1-3-26-19(17-10-5-4-6-11-17)20(23)22-14-18(21(24)25)13-16-9-7-8-15(2)12-16/h4-12,18-19H,3,13-14H2,1-2H3,(H,22,23)(H,24,25). The average molecular weight is 355 g/mol. The van der Waals surface area contributed by atoms with Crippen LogP contribution in [0.5, 0.6) is 0 Å². The van der Waals surface area contributed by atoms with Gasteiger partial charge >= 0.3 is 5.97 Å². The number of carboxylic acid groups (broad SMARTS) is 1. The average Bonchev–Trinajstić information content (AvgIpc) is 2.63. The molecule has 0 spiro atoms. The lowest BCUT2D eigenvalue weighted by atomic mass is 9.98. The third kappa shape index (κ3) is 5.70. The van der Waals surface area contributed by atoms with Crippen LogP contribution in [-0.4, -0.2) is 30.1 Å². The van der Waals surface area contributed by atoms with E-state index < -0.39 is 18.0 Å². The quantitative estimate of drug-likeness (QED) is 0.725. The van der Waals surface area contributed by atoms with Gasteiger partial charge in [0.05, 0.1) is 5.92 Å². The van der Waals surface area contributed by atoms with Gasteiger partial charge in [-0.1, -0.05) is 60.2 Å². The fraction of sp³-hybridized carbons (Fsp3) is 0.333. The third-order valence-electron chi connectivity index (χ3n) is 4.11. The maximum absolute atomic E-state index is 12.5. The molecule has 2 rings (SSSR count). The van der Waals surface area contributed by atoms with Crippen molar-refractivity contribution in [2.24, 2.45) is 5.92 Å². The number of aliphatic carboxylic acids is 1. The number of aryl methyl sites for hydroxylation is 1. The van der Waals surface area contributed by atoms with E-state index in [4.69, 9.17) is 4.74 Å². The largest absolute Gasteiger partial charge is 0.481 e. The van der Waals surface area contributed by atoms with Crippen molar-refractivity contribution >= 4 is 11.9 Å². The second kappa shape index (κ2) is 9.73. The number of carbonyl (C=O) groups is 2. The maximum Gasteiger partial charge on any atom is 0.308 e. The van der Waals surface area contributed by atoms with E-state index in [1.807, 2.05) is 68.4 Å². The minimum atomic E-state index is -0.931. The molecule has 0 fully saturated rings. The van der Waals surface area contributed by atoms with Gasteiger partial charge in [-0.2, -0.15) is 0 Å². The van der Waals surface area contributed by atoms with E-state index in [2.05, 4.69) is 5.32 Å². The molecule has 0 aliphatic heterocycles. The second-order valence-electron chi connectivity index (χ2n) is 6.22. The van der Waals surface area contributed by atoms with E-state index in [0.29, 0.717) is 13.0 Å². The molecule has 0 radical (unpaired) electrons. The predicted octanol–water partition coefficient (Wildman–Crippen LogP) is 3.13. The lowest BCUT2D eigenvalue weighted by Crippen LogP contribution is -2.37. The molecule has 0 heterocycles. The molecule has 26 heavy (non-hydrogen) atoms. The Morgan fingerprint density at radius 3 is 2.46 bits per heavy atom. The van der Waals surface area contributed by atoms with Crippen LogP contribution in [0.25, 0.3) is 0 Å². The number of carbonyl (C=O) groups excluding carboxylic acids is 1. The summed E-state index contributed by atoms with van der Waals surface area (Å²) in [6.45, 7) is 4.23. The zero-order valence-electron chi connectivity index (χ0n) is 15.1. The van der Waals surface area contributed by atoms with Crippen molar-refractivity contribution in [1.82, 2.24) is 5.32 Å². The number of rotatable bonds is 9. The number of hydrogen-bond donors (Lipinski definition) is 2. The predicted molar refractivity (Wildman–Crippen MR) is 99.8 cm³/mol. The van der Waals surface area contributed by atoms with E-state index >= 15 is 0 Å². The van der Waals surface area contributed by atoms with Gasteiger partial charge in [0.1, 0.15) is 0 Å². The number of amides is 1. The smallest absolute Gasteiger partial charge is 0.308 e. The molecule has 2 aromatic rings. The van der Waals surface area contributed by atoms with Crippen molar-refractivity contribution in [3.63, 3.8) is 0 Å². The molecule has 138 valence electrons. The number of nitrogens with one attached hydrogen (secondary N) is 1. The molecular formula is C21H25NO4. The van der Waals surface area contributed by atoms with Crippen LogP contribution >= 0.6 is 0 Å². The van der Waals surface area contributed by atoms with Crippen LogP contribution in [0.1, 0.15) is 29.7 Å². The first kappa shape index (κ1) is 19.7. The van der Waals surface area contributed by atoms with Crippen molar-refractivity contribution < 1.29 is 19.4 Å². The number of benzene rings is 2. The number of carboxylic acids is 1. The topological polar surface area (TPSA) is 75.6 Å². The number of ether oxygens (including phenoxy) is 1. The Morgan fingerprint density at radius 2 is 1.85 bits per heavy atom. The van der Waals surface area contributed by atoms with Gasteiger partial charge in [-0.3, -0.25) is 9.59 Å². The Bertz CT molecular complexity index is 730. The Morgan fingerprint density at radius 1 is 1.12 bits per heavy atom. The molecule has 2 aromatic carbocycles. The van der Waals surface area contributed by atoms with Crippen molar-refractivity contribution in [1.29, 1.82) is 0 Å². The van der Waals surface area contributed by atoms with Crippen LogP contribution in [0.2, 0.25) is 0 Å². The van der Waals surface area contributed by atoms with Gasteiger partial charge < -0.3 is 15.2 Å². The van der Waals surface area contributed by atoms with Crippen LogP contribution in [0.3, 0.4) is 0 Å². The zero-order valence-corrected chi connectivity index (χ0v) is 15.1. The van der Waals surface area contributed by atoms with Crippen molar-refractivity contribution in [2.45, 2.75) is 26.4 Å². The normalized spacial score (nSPS) is 13.0.